The Morgan fingerprint density at radius 2 is 2.00 bits per heavy atom. The Balaban J connectivity index is 1.39. The van der Waals surface area contributed by atoms with Crippen LogP contribution in [0.5, 0.6) is 0 Å². The number of amides is 2. The highest BCUT2D eigenvalue weighted by Gasteiger charge is 2.24. The van der Waals surface area contributed by atoms with Crippen LogP contribution in [-0.2, 0) is 0 Å². The number of piperidine rings is 1. The number of urea groups is 1. The second kappa shape index (κ2) is 7.66. The molecule has 1 aromatic heterocycles. The summed E-state index contributed by atoms with van der Waals surface area (Å²) in [4.78, 5) is 14.4. The van der Waals surface area contributed by atoms with E-state index in [0.29, 0.717) is 22.3 Å². The summed E-state index contributed by atoms with van der Waals surface area (Å²) in [6.45, 7) is 1.36. The summed E-state index contributed by atoms with van der Waals surface area (Å²) in [6, 6.07) is 11.2. The molecular weight excluding hydrogens is 385 g/mol. The molecule has 4 rings (SSSR count). The minimum absolute atomic E-state index is 0.134. The number of nitrogens with one attached hydrogen (secondary N) is 3. The highest BCUT2D eigenvalue weighted by atomic mass is 35.5. The number of anilines is 2. The Labute approximate surface area is 166 Å². The molecule has 27 heavy (non-hydrogen) atoms. The van der Waals surface area contributed by atoms with Crippen molar-refractivity contribution in [3.8, 4) is 0 Å². The monoisotopic (exact) mass is 403 g/mol. The van der Waals surface area contributed by atoms with Crippen LogP contribution in [0, 0.1) is 0 Å². The van der Waals surface area contributed by atoms with Crippen LogP contribution >= 0.6 is 23.2 Å². The number of aromatic nitrogens is 2. The molecule has 2 amide bonds. The van der Waals surface area contributed by atoms with Crippen molar-refractivity contribution in [2.75, 3.05) is 23.7 Å². The van der Waals surface area contributed by atoms with Gasteiger partial charge in [-0.3, -0.25) is 5.10 Å². The van der Waals surface area contributed by atoms with Crippen LogP contribution in [0.15, 0.2) is 42.6 Å². The maximum atomic E-state index is 12.6. The first-order chi connectivity index (χ1) is 13.1. The standard InChI is InChI=1S/C19H19Cl2N5O/c20-16-5-3-14(9-17(16)21)24-19(27)26-7-1-2-15(11-26)23-13-4-6-18-12(8-13)10-22-25-18/h3-6,8-10,15,23H,1-2,7,11H2,(H,22,25)(H,24,27). The summed E-state index contributed by atoms with van der Waals surface area (Å²) < 4.78 is 0. The molecule has 0 aliphatic carbocycles. The molecule has 0 spiro atoms. The van der Waals surface area contributed by atoms with E-state index in [1.54, 1.807) is 24.4 Å². The van der Waals surface area contributed by atoms with Crippen molar-refractivity contribution in [3.63, 3.8) is 0 Å². The van der Waals surface area contributed by atoms with E-state index >= 15 is 0 Å². The fourth-order valence-electron chi connectivity index (χ4n) is 3.32. The third-order valence-corrected chi connectivity index (χ3v) is 5.43. The van der Waals surface area contributed by atoms with Crippen LogP contribution in [0.3, 0.4) is 0 Å². The lowest BCUT2D eigenvalue weighted by Gasteiger charge is -2.33. The second-order valence-electron chi connectivity index (χ2n) is 6.66. The van der Waals surface area contributed by atoms with Gasteiger partial charge in [-0.1, -0.05) is 23.2 Å². The number of benzene rings is 2. The van der Waals surface area contributed by atoms with Crippen molar-refractivity contribution < 1.29 is 4.79 Å². The van der Waals surface area contributed by atoms with Crippen LogP contribution in [0.4, 0.5) is 16.2 Å². The minimum atomic E-state index is -0.134. The van der Waals surface area contributed by atoms with Gasteiger partial charge in [-0.15, -0.1) is 0 Å². The molecule has 1 aliphatic heterocycles. The average Bonchev–Trinajstić information content (AvgIpc) is 3.13. The fourth-order valence-corrected chi connectivity index (χ4v) is 3.62. The average molecular weight is 404 g/mol. The van der Waals surface area contributed by atoms with Gasteiger partial charge in [0.2, 0.25) is 0 Å². The molecular formula is C19H19Cl2N5O. The van der Waals surface area contributed by atoms with Gasteiger partial charge in [0.05, 0.1) is 21.8 Å². The first-order valence-corrected chi connectivity index (χ1v) is 9.55. The van der Waals surface area contributed by atoms with Crippen LogP contribution < -0.4 is 10.6 Å². The van der Waals surface area contributed by atoms with E-state index in [0.717, 1.165) is 36.0 Å². The van der Waals surface area contributed by atoms with Crippen LogP contribution in [0.2, 0.25) is 10.0 Å². The molecule has 3 N–H and O–H groups in total. The lowest BCUT2D eigenvalue weighted by atomic mass is 10.1. The smallest absolute Gasteiger partial charge is 0.321 e. The molecule has 0 radical (unpaired) electrons. The normalized spacial score (nSPS) is 17.1. The van der Waals surface area contributed by atoms with Gasteiger partial charge < -0.3 is 15.5 Å². The largest absolute Gasteiger partial charge is 0.381 e. The molecule has 1 saturated heterocycles. The highest BCUT2D eigenvalue weighted by Crippen LogP contribution is 2.26. The summed E-state index contributed by atoms with van der Waals surface area (Å²) in [5.74, 6) is 0. The van der Waals surface area contributed by atoms with Gasteiger partial charge in [-0.05, 0) is 49.2 Å². The molecule has 140 valence electrons. The lowest BCUT2D eigenvalue weighted by molar-refractivity contribution is 0.196. The first-order valence-electron chi connectivity index (χ1n) is 8.79. The van der Waals surface area contributed by atoms with Gasteiger partial charge >= 0.3 is 6.03 Å². The number of rotatable bonds is 3. The Hall–Kier alpha value is -2.44. The predicted octanol–water partition coefficient (Wildman–Crippen LogP) is 4.98. The Kier molecular flexibility index (Phi) is 5.09. The highest BCUT2D eigenvalue weighted by molar-refractivity contribution is 6.42. The molecule has 1 atom stereocenters. The maximum absolute atomic E-state index is 12.6. The number of H-pyrrole nitrogens is 1. The van der Waals surface area contributed by atoms with E-state index in [2.05, 4.69) is 26.9 Å². The number of aromatic amines is 1. The van der Waals surface area contributed by atoms with E-state index in [4.69, 9.17) is 23.2 Å². The Morgan fingerprint density at radius 3 is 2.85 bits per heavy atom. The number of likely N-dealkylation sites (tertiary alicyclic amines) is 1. The van der Waals surface area contributed by atoms with Gasteiger partial charge in [0.25, 0.3) is 0 Å². The van der Waals surface area contributed by atoms with Crippen molar-refractivity contribution in [2.24, 2.45) is 0 Å². The zero-order valence-corrected chi connectivity index (χ0v) is 16.0. The van der Waals surface area contributed by atoms with E-state index in [9.17, 15) is 4.79 Å². The quantitative estimate of drug-likeness (QED) is 0.577. The van der Waals surface area contributed by atoms with Crippen molar-refractivity contribution in [1.29, 1.82) is 0 Å². The van der Waals surface area contributed by atoms with Gasteiger partial charge in [0, 0.05) is 35.9 Å². The van der Waals surface area contributed by atoms with Crippen LogP contribution in [0.1, 0.15) is 12.8 Å². The number of nitrogens with zero attached hydrogens (tertiary/aromatic N) is 2. The van der Waals surface area contributed by atoms with Gasteiger partial charge in [0.15, 0.2) is 0 Å². The molecule has 1 aliphatic rings. The number of hydrogen-bond acceptors (Lipinski definition) is 3. The fraction of sp³-hybridized carbons (Fsp3) is 0.263. The zero-order valence-electron chi connectivity index (χ0n) is 14.5. The SMILES string of the molecule is O=C(Nc1ccc(Cl)c(Cl)c1)N1CCCC(Nc2ccc3[nH]ncc3c2)C1. The lowest BCUT2D eigenvalue weighted by Crippen LogP contribution is -2.46. The van der Waals surface area contributed by atoms with E-state index < -0.39 is 0 Å². The van der Waals surface area contributed by atoms with E-state index in [1.165, 1.54) is 0 Å². The van der Waals surface area contributed by atoms with Crippen molar-refractivity contribution in [2.45, 2.75) is 18.9 Å². The summed E-state index contributed by atoms with van der Waals surface area (Å²) in [6.07, 6.45) is 3.76. The summed E-state index contributed by atoms with van der Waals surface area (Å²) in [5.41, 5.74) is 2.67. The number of carbonyl (C=O) groups is 1. The third-order valence-electron chi connectivity index (χ3n) is 4.69. The molecule has 1 unspecified atom stereocenters. The zero-order chi connectivity index (χ0) is 18.8. The number of halogens is 2. The number of hydrogen-bond donors (Lipinski definition) is 3. The molecule has 8 heteroatoms. The summed E-state index contributed by atoms with van der Waals surface area (Å²) in [5, 5.41) is 15.3. The maximum Gasteiger partial charge on any atom is 0.321 e. The molecule has 1 fully saturated rings. The van der Waals surface area contributed by atoms with Crippen molar-refractivity contribution in [3.05, 3.63) is 52.6 Å². The molecule has 3 aromatic rings. The van der Waals surface area contributed by atoms with Gasteiger partial charge in [-0.2, -0.15) is 5.10 Å². The molecule has 2 heterocycles. The van der Waals surface area contributed by atoms with Crippen LogP contribution in [-0.4, -0.2) is 40.3 Å². The Morgan fingerprint density at radius 1 is 1.15 bits per heavy atom. The van der Waals surface area contributed by atoms with E-state index in [-0.39, 0.29) is 12.1 Å². The minimum Gasteiger partial charge on any atom is -0.381 e. The first kappa shape index (κ1) is 17.9. The van der Waals surface area contributed by atoms with Crippen molar-refractivity contribution >= 4 is 51.5 Å². The Bertz CT molecular complexity index is 974. The summed E-state index contributed by atoms with van der Waals surface area (Å²) in [7, 11) is 0. The third kappa shape index (κ3) is 4.12. The number of carbonyl (C=O) groups excluding carboxylic acids is 1. The van der Waals surface area contributed by atoms with E-state index in [1.807, 2.05) is 17.0 Å². The summed E-state index contributed by atoms with van der Waals surface area (Å²) >= 11 is 11.9. The van der Waals surface area contributed by atoms with Crippen LogP contribution in [0.25, 0.3) is 10.9 Å². The predicted molar refractivity (Wildman–Crippen MR) is 110 cm³/mol. The second-order valence-corrected chi connectivity index (χ2v) is 7.47. The van der Waals surface area contributed by atoms with Gasteiger partial charge in [-0.25, -0.2) is 4.79 Å². The molecule has 0 saturated carbocycles. The molecule has 0 bridgehead atoms. The number of fused-ring (bicyclic) bond motifs is 1. The van der Waals surface area contributed by atoms with Gasteiger partial charge in [0.1, 0.15) is 0 Å². The topological polar surface area (TPSA) is 73.1 Å². The molecule has 6 nitrogen and oxygen atoms in total. The molecule has 2 aromatic carbocycles. The van der Waals surface area contributed by atoms with Crippen molar-refractivity contribution in [1.82, 2.24) is 15.1 Å².